The molecule has 2 saturated heterocycles. The molecule has 0 spiro atoms. The van der Waals surface area contributed by atoms with E-state index in [0.29, 0.717) is 19.3 Å². The van der Waals surface area contributed by atoms with Crippen LogP contribution in [0.25, 0.3) is 0 Å². The normalized spacial score (nSPS) is 26.1. The van der Waals surface area contributed by atoms with Gasteiger partial charge >= 0.3 is 6.03 Å². The Morgan fingerprint density at radius 3 is 2.76 bits per heavy atom. The lowest BCUT2D eigenvalue weighted by Crippen LogP contribution is -2.55. The van der Waals surface area contributed by atoms with Crippen LogP contribution in [0.15, 0.2) is 0 Å². The fraction of sp³-hybridized carbons (Fsp3) is 0.917. The Labute approximate surface area is 103 Å². The number of rotatable bonds is 2. The highest BCUT2D eigenvalue weighted by molar-refractivity contribution is 5.75. The van der Waals surface area contributed by atoms with E-state index in [0.717, 1.165) is 39.0 Å². The Balaban J connectivity index is 1.94. The molecule has 98 valence electrons. The first kappa shape index (κ1) is 12.6. The van der Waals surface area contributed by atoms with E-state index in [-0.39, 0.29) is 6.03 Å². The van der Waals surface area contributed by atoms with E-state index in [9.17, 15) is 4.79 Å². The molecule has 2 amide bonds. The van der Waals surface area contributed by atoms with Crippen molar-refractivity contribution in [2.45, 2.75) is 25.3 Å². The van der Waals surface area contributed by atoms with Crippen molar-refractivity contribution in [2.24, 2.45) is 0 Å². The summed E-state index contributed by atoms with van der Waals surface area (Å²) in [5.41, 5.74) is 0. The third kappa shape index (κ3) is 3.10. The molecule has 2 aliphatic rings. The second-order valence-electron chi connectivity index (χ2n) is 4.78. The Hall–Kier alpha value is -0.810. The molecular weight excluding hydrogens is 218 g/mol. The third-order valence-corrected chi connectivity index (χ3v) is 3.59. The summed E-state index contributed by atoms with van der Waals surface area (Å²) in [7, 11) is 1.95. The summed E-state index contributed by atoms with van der Waals surface area (Å²) in [5, 5.41) is 3.19. The maximum atomic E-state index is 12.4. The zero-order valence-corrected chi connectivity index (χ0v) is 10.7. The van der Waals surface area contributed by atoms with Gasteiger partial charge in [-0.1, -0.05) is 0 Å². The molecule has 2 heterocycles. The number of carbonyl (C=O) groups is 1. The summed E-state index contributed by atoms with van der Waals surface area (Å²) >= 11 is 0. The van der Waals surface area contributed by atoms with Gasteiger partial charge in [-0.05, 0) is 26.3 Å². The number of nitrogens with one attached hydrogen (secondary N) is 1. The molecule has 1 N–H and O–H groups in total. The van der Waals surface area contributed by atoms with Crippen LogP contribution >= 0.6 is 0 Å². The van der Waals surface area contributed by atoms with Crippen LogP contribution in [0.1, 0.15) is 19.3 Å². The number of hydrogen-bond acceptors (Lipinski definition) is 3. The van der Waals surface area contributed by atoms with Crippen molar-refractivity contribution in [1.29, 1.82) is 0 Å². The molecule has 2 fully saturated rings. The number of piperidine rings is 1. The van der Waals surface area contributed by atoms with Crippen LogP contribution in [0.3, 0.4) is 0 Å². The largest absolute Gasteiger partial charge is 0.378 e. The predicted molar refractivity (Wildman–Crippen MR) is 66.1 cm³/mol. The second-order valence-corrected chi connectivity index (χ2v) is 4.78. The average molecular weight is 241 g/mol. The minimum absolute atomic E-state index is 0.202. The van der Waals surface area contributed by atoms with Gasteiger partial charge in [0.15, 0.2) is 0 Å². The quantitative estimate of drug-likeness (QED) is 0.766. The van der Waals surface area contributed by atoms with Crippen LogP contribution < -0.4 is 5.32 Å². The monoisotopic (exact) mass is 241 g/mol. The summed E-state index contributed by atoms with van der Waals surface area (Å²) < 4.78 is 5.29. The van der Waals surface area contributed by atoms with Gasteiger partial charge in [0, 0.05) is 32.2 Å². The van der Waals surface area contributed by atoms with E-state index in [1.54, 1.807) is 0 Å². The molecule has 2 rings (SSSR count). The van der Waals surface area contributed by atoms with Crippen molar-refractivity contribution in [3.05, 3.63) is 0 Å². The summed E-state index contributed by atoms with van der Waals surface area (Å²) in [6, 6.07) is 0.567. The molecule has 0 bridgehead atoms. The van der Waals surface area contributed by atoms with Crippen LogP contribution in [0, 0.1) is 0 Å². The first-order valence-corrected chi connectivity index (χ1v) is 6.61. The van der Waals surface area contributed by atoms with Gasteiger partial charge in [0.2, 0.25) is 0 Å². The van der Waals surface area contributed by atoms with Crippen molar-refractivity contribution < 1.29 is 9.53 Å². The van der Waals surface area contributed by atoms with Gasteiger partial charge in [-0.2, -0.15) is 0 Å². The lowest BCUT2D eigenvalue weighted by Gasteiger charge is -2.40. The molecule has 1 atom stereocenters. The van der Waals surface area contributed by atoms with Crippen molar-refractivity contribution in [3.63, 3.8) is 0 Å². The summed E-state index contributed by atoms with van der Waals surface area (Å²) in [6.45, 7) is 4.63. The van der Waals surface area contributed by atoms with Crippen LogP contribution in [-0.2, 0) is 4.74 Å². The smallest absolute Gasteiger partial charge is 0.320 e. The molecule has 17 heavy (non-hydrogen) atoms. The lowest BCUT2D eigenvalue weighted by atomic mass is 10.0. The summed E-state index contributed by atoms with van der Waals surface area (Å²) in [6.07, 6.45) is 3.49. The molecule has 0 aromatic heterocycles. The first-order chi connectivity index (χ1) is 8.33. The van der Waals surface area contributed by atoms with Gasteiger partial charge in [-0.3, -0.25) is 0 Å². The molecule has 1 unspecified atom stereocenters. The highest BCUT2D eigenvalue weighted by atomic mass is 16.5. The SMILES string of the molecule is CNCC1CCCCN1C(=O)N1CCOCC1. The zero-order chi connectivity index (χ0) is 12.1. The number of likely N-dealkylation sites (N-methyl/N-ethyl adjacent to an activating group) is 1. The lowest BCUT2D eigenvalue weighted by molar-refractivity contribution is 0.0357. The Morgan fingerprint density at radius 2 is 2.06 bits per heavy atom. The molecular formula is C12H23N3O2. The summed E-state index contributed by atoms with van der Waals surface area (Å²) in [4.78, 5) is 16.4. The zero-order valence-electron chi connectivity index (χ0n) is 10.7. The number of hydrogen-bond donors (Lipinski definition) is 1. The molecule has 0 radical (unpaired) electrons. The molecule has 0 aromatic carbocycles. The summed E-state index contributed by atoms with van der Waals surface area (Å²) in [5.74, 6) is 0. The van der Waals surface area contributed by atoms with E-state index in [4.69, 9.17) is 4.74 Å². The second kappa shape index (κ2) is 6.21. The fourth-order valence-corrected chi connectivity index (χ4v) is 2.64. The predicted octanol–water partition coefficient (Wildman–Crippen LogP) is 0.513. The van der Waals surface area contributed by atoms with Crippen molar-refractivity contribution in [1.82, 2.24) is 15.1 Å². The highest BCUT2D eigenvalue weighted by Gasteiger charge is 2.30. The number of carbonyl (C=O) groups excluding carboxylic acids is 1. The van der Waals surface area contributed by atoms with Gasteiger partial charge < -0.3 is 19.9 Å². The topological polar surface area (TPSA) is 44.8 Å². The highest BCUT2D eigenvalue weighted by Crippen LogP contribution is 2.18. The van der Waals surface area contributed by atoms with E-state index < -0.39 is 0 Å². The van der Waals surface area contributed by atoms with E-state index >= 15 is 0 Å². The number of ether oxygens (including phenoxy) is 1. The number of amides is 2. The molecule has 0 aromatic rings. The Bertz CT molecular complexity index is 252. The van der Waals surface area contributed by atoms with Crippen LogP contribution in [-0.4, -0.2) is 68.3 Å². The van der Waals surface area contributed by atoms with Crippen LogP contribution in [0.4, 0.5) is 4.79 Å². The van der Waals surface area contributed by atoms with Crippen molar-refractivity contribution in [3.8, 4) is 0 Å². The van der Waals surface area contributed by atoms with Gasteiger partial charge in [0.1, 0.15) is 0 Å². The Kier molecular flexibility index (Phi) is 4.62. The van der Waals surface area contributed by atoms with Crippen molar-refractivity contribution >= 4 is 6.03 Å². The van der Waals surface area contributed by atoms with E-state index in [2.05, 4.69) is 5.32 Å². The first-order valence-electron chi connectivity index (χ1n) is 6.61. The Morgan fingerprint density at radius 1 is 1.29 bits per heavy atom. The van der Waals surface area contributed by atoms with Crippen LogP contribution in [0.5, 0.6) is 0 Å². The van der Waals surface area contributed by atoms with Crippen LogP contribution in [0.2, 0.25) is 0 Å². The van der Waals surface area contributed by atoms with E-state index in [1.165, 1.54) is 6.42 Å². The van der Waals surface area contributed by atoms with Gasteiger partial charge in [0.25, 0.3) is 0 Å². The maximum Gasteiger partial charge on any atom is 0.320 e. The number of nitrogens with zero attached hydrogens (tertiary/aromatic N) is 2. The minimum Gasteiger partial charge on any atom is -0.378 e. The van der Waals surface area contributed by atoms with Gasteiger partial charge in [-0.15, -0.1) is 0 Å². The maximum absolute atomic E-state index is 12.4. The number of urea groups is 1. The number of morpholine rings is 1. The van der Waals surface area contributed by atoms with Gasteiger partial charge in [0.05, 0.1) is 13.2 Å². The van der Waals surface area contributed by atoms with Gasteiger partial charge in [-0.25, -0.2) is 4.79 Å². The minimum atomic E-state index is 0.202. The third-order valence-electron chi connectivity index (χ3n) is 3.59. The molecule has 5 nitrogen and oxygen atoms in total. The standard InChI is InChI=1S/C12H23N3O2/c1-13-10-11-4-2-3-5-15(11)12(16)14-6-8-17-9-7-14/h11,13H,2-10H2,1H3. The van der Waals surface area contributed by atoms with Crippen molar-refractivity contribution in [2.75, 3.05) is 46.4 Å². The molecule has 0 saturated carbocycles. The number of likely N-dealkylation sites (tertiary alicyclic amines) is 1. The molecule has 5 heteroatoms. The average Bonchev–Trinajstić information content (AvgIpc) is 2.40. The van der Waals surface area contributed by atoms with E-state index in [1.807, 2.05) is 16.8 Å². The molecule has 0 aliphatic carbocycles. The molecule has 2 aliphatic heterocycles. The fourth-order valence-electron chi connectivity index (χ4n) is 2.64.